The van der Waals surface area contributed by atoms with Crippen LogP contribution in [0.15, 0.2) is 18.2 Å². The molecule has 0 aliphatic carbocycles. The van der Waals surface area contributed by atoms with Gasteiger partial charge in [0.1, 0.15) is 10.8 Å². The number of nitrogens with one attached hydrogen (secondary N) is 1. The Morgan fingerprint density at radius 3 is 2.95 bits per heavy atom. The summed E-state index contributed by atoms with van der Waals surface area (Å²) in [6, 6.07) is 3.45. The molecule has 2 rings (SSSR count). The first-order valence-electron chi connectivity index (χ1n) is 6.03. The molecule has 0 saturated heterocycles. The molecule has 0 unspecified atom stereocenters. The topological polar surface area (TPSA) is 81.0 Å². The minimum Gasteiger partial charge on any atom is -0.320 e. The number of aromatic nitrogens is 2. The Morgan fingerprint density at radius 1 is 1.45 bits per heavy atom. The first-order chi connectivity index (χ1) is 9.61. The van der Waals surface area contributed by atoms with Gasteiger partial charge < -0.3 is 5.32 Å². The predicted octanol–water partition coefficient (Wildman–Crippen LogP) is 2.40. The number of nitro groups is 1. The molecule has 0 atom stereocenters. The third-order valence-corrected chi connectivity index (χ3v) is 3.69. The van der Waals surface area contributed by atoms with Gasteiger partial charge in [-0.3, -0.25) is 10.1 Å². The van der Waals surface area contributed by atoms with Crippen molar-refractivity contribution in [1.29, 1.82) is 0 Å². The number of rotatable bonds is 6. The highest BCUT2D eigenvalue weighted by Gasteiger charge is 2.19. The molecule has 0 aliphatic heterocycles. The van der Waals surface area contributed by atoms with Gasteiger partial charge in [-0.05, 0) is 32.1 Å². The van der Waals surface area contributed by atoms with Crippen LogP contribution in [0.2, 0.25) is 0 Å². The molecule has 20 heavy (non-hydrogen) atoms. The van der Waals surface area contributed by atoms with Crippen molar-refractivity contribution in [3.8, 4) is 10.6 Å². The largest absolute Gasteiger partial charge is 0.320 e. The number of halogens is 1. The van der Waals surface area contributed by atoms with E-state index in [1.54, 1.807) is 0 Å². The molecule has 1 N–H and O–H groups in total. The van der Waals surface area contributed by atoms with E-state index in [1.807, 2.05) is 7.05 Å². The maximum atomic E-state index is 13.1. The molecule has 6 nitrogen and oxygen atoms in total. The summed E-state index contributed by atoms with van der Waals surface area (Å²) < 4.78 is 13.1. The number of nitrogens with zero attached hydrogens (tertiary/aromatic N) is 3. The molecule has 1 aromatic carbocycles. The fourth-order valence-corrected chi connectivity index (χ4v) is 2.63. The highest BCUT2D eigenvalue weighted by molar-refractivity contribution is 7.14. The molecule has 1 aromatic heterocycles. The Kier molecular flexibility index (Phi) is 4.70. The molecule has 0 aliphatic rings. The van der Waals surface area contributed by atoms with Crippen LogP contribution < -0.4 is 5.32 Å². The Hall–Kier alpha value is -1.93. The van der Waals surface area contributed by atoms with E-state index in [-0.39, 0.29) is 5.69 Å². The van der Waals surface area contributed by atoms with Crippen LogP contribution in [0.5, 0.6) is 0 Å². The zero-order chi connectivity index (χ0) is 14.5. The minimum absolute atomic E-state index is 0.289. The number of aryl methyl sites for hydroxylation is 1. The lowest BCUT2D eigenvalue weighted by Gasteiger charge is -1.98. The van der Waals surface area contributed by atoms with Gasteiger partial charge in [0, 0.05) is 6.42 Å². The Bertz CT molecular complexity index is 617. The molecule has 106 valence electrons. The first kappa shape index (κ1) is 14.5. The van der Waals surface area contributed by atoms with Gasteiger partial charge in [-0.25, -0.2) is 4.39 Å². The second-order valence-electron chi connectivity index (χ2n) is 4.13. The predicted molar refractivity (Wildman–Crippen MR) is 74.2 cm³/mol. The van der Waals surface area contributed by atoms with E-state index in [0.29, 0.717) is 10.6 Å². The van der Waals surface area contributed by atoms with Gasteiger partial charge in [0.15, 0.2) is 5.01 Å². The molecular formula is C12H13FN4O2S. The van der Waals surface area contributed by atoms with Crippen LogP contribution >= 0.6 is 11.3 Å². The first-order valence-corrected chi connectivity index (χ1v) is 6.84. The summed E-state index contributed by atoms with van der Waals surface area (Å²) in [5, 5.41) is 23.2. The van der Waals surface area contributed by atoms with Gasteiger partial charge in [-0.2, -0.15) is 0 Å². The molecule has 0 fully saturated rings. The summed E-state index contributed by atoms with van der Waals surface area (Å²) in [5.41, 5.74) is 0.0108. The smallest absolute Gasteiger partial charge is 0.282 e. The fraction of sp³-hybridized carbons (Fsp3) is 0.333. The number of nitro benzene ring substituents is 1. The summed E-state index contributed by atoms with van der Waals surface area (Å²) in [6.07, 6.45) is 1.67. The van der Waals surface area contributed by atoms with Crippen molar-refractivity contribution in [2.45, 2.75) is 12.8 Å². The van der Waals surface area contributed by atoms with Crippen LogP contribution in [-0.2, 0) is 6.42 Å². The SMILES string of the molecule is CNCCCc1nnc(-c2ccc(F)cc2[N+](=O)[O-])s1. The zero-order valence-electron chi connectivity index (χ0n) is 10.8. The van der Waals surface area contributed by atoms with E-state index in [1.165, 1.54) is 23.5 Å². The van der Waals surface area contributed by atoms with Crippen molar-refractivity contribution in [2.24, 2.45) is 0 Å². The summed E-state index contributed by atoms with van der Waals surface area (Å²) in [4.78, 5) is 10.3. The fourth-order valence-electron chi connectivity index (χ4n) is 1.72. The van der Waals surface area contributed by atoms with Gasteiger partial charge in [0.25, 0.3) is 5.69 Å². The van der Waals surface area contributed by atoms with Crippen LogP contribution in [-0.4, -0.2) is 28.7 Å². The summed E-state index contributed by atoms with van der Waals surface area (Å²) in [7, 11) is 1.87. The minimum atomic E-state index is -0.640. The monoisotopic (exact) mass is 296 g/mol. The molecule has 0 radical (unpaired) electrons. The van der Waals surface area contributed by atoms with Crippen LogP contribution in [0.4, 0.5) is 10.1 Å². The number of benzene rings is 1. The van der Waals surface area contributed by atoms with Crippen molar-refractivity contribution in [2.75, 3.05) is 13.6 Å². The van der Waals surface area contributed by atoms with Gasteiger partial charge in [-0.15, -0.1) is 10.2 Å². The standard InChI is InChI=1S/C12H13FN4O2S/c1-14-6-2-3-11-15-16-12(20-11)9-5-4-8(13)7-10(9)17(18)19/h4-5,7,14H,2-3,6H2,1H3. The van der Waals surface area contributed by atoms with Crippen LogP contribution in [0.3, 0.4) is 0 Å². The lowest BCUT2D eigenvalue weighted by atomic mass is 10.2. The Labute approximate surface area is 118 Å². The summed E-state index contributed by atoms with van der Waals surface area (Å²) in [6.45, 7) is 0.867. The maximum absolute atomic E-state index is 13.1. The van der Waals surface area contributed by atoms with Crippen LogP contribution in [0.25, 0.3) is 10.6 Å². The molecule has 1 heterocycles. The van der Waals surface area contributed by atoms with Crippen LogP contribution in [0, 0.1) is 15.9 Å². The van der Waals surface area contributed by atoms with Crippen molar-refractivity contribution in [1.82, 2.24) is 15.5 Å². The van der Waals surface area contributed by atoms with Crippen molar-refractivity contribution < 1.29 is 9.31 Å². The van der Waals surface area contributed by atoms with Gasteiger partial charge >= 0.3 is 0 Å². The third-order valence-electron chi connectivity index (χ3n) is 2.67. The lowest BCUT2D eigenvalue weighted by Crippen LogP contribution is -2.08. The maximum Gasteiger partial charge on any atom is 0.282 e. The molecule has 8 heteroatoms. The molecule has 0 saturated carbocycles. The highest BCUT2D eigenvalue weighted by atomic mass is 32.1. The Balaban J connectivity index is 2.25. The summed E-state index contributed by atoms with van der Waals surface area (Å²) >= 11 is 1.30. The van der Waals surface area contributed by atoms with E-state index < -0.39 is 10.7 Å². The second kappa shape index (κ2) is 6.49. The normalized spacial score (nSPS) is 10.7. The lowest BCUT2D eigenvalue weighted by molar-refractivity contribution is -0.384. The molecular weight excluding hydrogens is 283 g/mol. The van der Waals surface area contributed by atoms with Gasteiger partial charge in [0.05, 0.1) is 16.6 Å². The zero-order valence-corrected chi connectivity index (χ0v) is 11.6. The Morgan fingerprint density at radius 2 is 2.25 bits per heavy atom. The van der Waals surface area contributed by atoms with Crippen molar-refractivity contribution >= 4 is 17.0 Å². The average Bonchev–Trinajstić information content (AvgIpc) is 2.87. The van der Waals surface area contributed by atoms with E-state index in [0.717, 1.165) is 30.5 Å². The second-order valence-corrected chi connectivity index (χ2v) is 5.19. The highest BCUT2D eigenvalue weighted by Crippen LogP contribution is 2.32. The number of hydrogen-bond donors (Lipinski definition) is 1. The molecule has 0 spiro atoms. The van der Waals surface area contributed by atoms with Gasteiger partial charge in [-0.1, -0.05) is 11.3 Å². The van der Waals surface area contributed by atoms with E-state index >= 15 is 0 Å². The summed E-state index contributed by atoms with van der Waals surface area (Å²) in [5.74, 6) is -0.640. The molecule has 2 aromatic rings. The average molecular weight is 296 g/mol. The number of hydrogen-bond acceptors (Lipinski definition) is 6. The van der Waals surface area contributed by atoms with Gasteiger partial charge in [0.2, 0.25) is 0 Å². The third kappa shape index (κ3) is 3.34. The van der Waals surface area contributed by atoms with E-state index in [9.17, 15) is 14.5 Å². The van der Waals surface area contributed by atoms with E-state index in [4.69, 9.17) is 0 Å². The van der Waals surface area contributed by atoms with E-state index in [2.05, 4.69) is 15.5 Å². The quantitative estimate of drug-likeness (QED) is 0.503. The van der Waals surface area contributed by atoms with Crippen molar-refractivity contribution in [3.63, 3.8) is 0 Å². The van der Waals surface area contributed by atoms with Crippen LogP contribution in [0.1, 0.15) is 11.4 Å². The molecule has 0 bridgehead atoms. The molecule has 0 amide bonds. The van der Waals surface area contributed by atoms with Crippen molar-refractivity contribution in [3.05, 3.63) is 39.1 Å².